The summed E-state index contributed by atoms with van der Waals surface area (Å²) in [5.74, 6) is 0.464. The van der Waals surface area contributed by atoms with Gasteiger partial charge in [0.05, 0.1) is 0 Å². The fourth-order valence-corrected chi connectivity index (χ4v) is 1.63. The Kier molecular flexibility index (Phi) is 3.69. The molecule has 0 aliphatic carbocycles. The highest BCUT2D eigenvalue weighted by atomic mass is 16.2. The molecular weight excluding hydrogens is 230 g/mol. The number of benzene rings is 1. The molecule has 4 N–H and O–H groups in total. The summed E-state index contributed by atoms with van der Waals surface area (Å²) in [7, 11) is 0. The smallest absolute Gasteiger partial charge is 0.291 e. The maximum absolute atomic E-state index is 11.7. The van der Waals surface area contributed by atoms with Crippen LogP contribution in [0.2, 0.25) is 0 Å². The Hall–Kier alpha value is -2.21. The predicted molar refractivity (Wildman–Crippen MR) is 66.6 cm³/mol. The van der Waals surface area contributed by atoms with Gasteiger partial charge in [-0.05, 0) is 18.1 Å². The van der Waals surface area contributed by atoms with Gasteiger partial charge in [-0.2, -0.15) is 0 Å². The SMILES string of the molecule is Cc1nc(C(=O)NCc2ccccc2CN)n[nH]1. The molecule has 0 fully saturated rings. The summed E-state index contributed by atoms with van der Waals surface area (Å²) in [6.45, 7) is 2.61. The Balaban J connectivity index is 2.01. The zero-order chi connectivity index (χ0) is 13.0. The van der Waals surface area contributed by atoms with Crippen molar-refractivity contribution in [3.63, 3.8) is 0 Å². The lowest BCUT2D eigenvalue weighted by atomic mass is 10.1. The second-order valence-corrected chi connectivity index (χ2v) is 3.90. The minimum absolute atomic E-state index is 0.151. The molecule has 2 aromatic rings. The highest BCUT2D eigenvalue weighted by molar-refractivity contribution is 5.90. The molecule has 0 saturated carbocycles. The molecule has 0 aliphatic rings. The second-order valence-electron chi connectivity index (χ2n) is 3.90. The van der Waals surface area contributed by atoms with Crippen LogP contribution in [0.4, 0.5) is 0 Å². The van der Waals surface area contributed by atoms with Crippen molar-refractivity contribution >= 4 is 5.91 Å². The molecule has 0 saturated heterocycles. The van der Waals surface area contributed by atoms with E-state index >= 15 is 0 Å². The molecule has 1 aromatic heterocycles. The van der Waals surface area contributed by atoms with Crippen LogP contribution in [0.5, 0.6) is 0 Å². The van der Waals surface area contributed by atoms with E-state index in [9.17, 15) is 4.79 Å². The number of H-pyrrole nitrogens is 1. The molecule has 6 heteroatoms. The Labute approximate surface area is 105 Å². The van der Waals surface area contributed by atoms with Crippen molar-refractivity contribution in [2.45, 2.75) is 20.0 Å². The number of nitrogens with two attached hydrogens (primary N) is 1. The van der Waals surface area contributed by atoms with Crippen LogP contribution < -0.4 is 11.1 Å². The third-order valence-corrected chi connectivity index (χ3v) is 2.58. The number of aromatic nitrogens is 3. The van der Waals surface area contributed by atoms with Crippen LogP contribution in [0.25, 0.3) is 0 Å². The summed E-state index contributed by atoms with van der Waals surface area (Å²) in [5.41, 5.74) is 7.65. The summed E-state index contributed by atoms with van der Waals surface area (Å²) >= 11 is 0. The summed E-state index contributed by atoms with van der Waals surface area (Å²) in [6, 6.07) is 7.72. The fraction of sp³-hybridized carbons (Fsp3) is 0.250. The van der Waals surface area contributed by atoms with Gasteiger partial charge in [-0.15, -0.1) is 5.10 Å². The van der Waals surface area contributed by atoms with E-state index in [1.807, 2.05) is 24.3 Å². The van der Waals surface area contributed by atoms with E-state index in [0.717, 1.165) is 11.1 Å². The van der Waals surface area contributed by atoms with E-state index in [2.05, 4.69) is 20.5 Å². The third-order valence-electron chi connectivity index (χ3n) is 2.58. The first kappa shape index (κ1) is 12.3. The minimum Gasteiger partial charge on any atom is -0.345 e. The van der Waals surface area contributed by atoms with Gasteiger partial charge in [-0.3, -0.25) is 9.89 Å². The third kappa shape index (κ3) is 2.72. The second kappa shape index (κ2) is 5.42. The molecule has 1 aromatic carbocycles. The predicted octanol–water partition coefficient (Wildman–Crippen LogP) is 0.502. The summed E-state index contributed by atoms with van der Waals surface area (Å²) in [6.07, 6.45) is 0. The van der Waals surface area contributed by atoms with E-state index in [1.165, 1.54) is 0 Å². The first-order valence-corrected chi connectivity index (χ1v) is 5.64. The van der Waals surface area contributed by atoms with Gasteiger partial charge in [-0.25, -0.2) is 4.98 Å². The number of amides is 1. The summed E-state index contributed by atoms with van der Waals surface area (Å²) in [4.78, 5) is 15.7. The first-order valence-electron chi connectivity index (χ1n) is 5.64. The number of carbonyl (C=O) groups is 1. The Morgan fingerprint density at radius 2 is 2.11 bits per heavy atom. The van der Waals surface area contributed by atoms with Gasteiger partial charge in [0.2, 0.25) is 5.82 Å². The lowest BCUT2D eigenvalue weighted by Crippen LogP contribution is -2.24. The molecule has 0 radical (unpaired) electrons. The number of carbonyl (C=O) groups excluding carboxylic acids is 1. The molecule has 0 unspecified atom stereocenters. The van der Waals surface area contributed by atoms with Gasteiger partial charge in [0.1, 0.15) is 5.82 Å². The molecule has 1 heterocycles. The first-order chi connectivity index (χ1) is 8.70. The zero-order valence-corrected chi connectivity index (χ0v) is 10.1. The van der Waals surface area contributed by atoms with Gasteiger partial charge in [0.15, 0.2) is 0 Å². The lowest BCUT2D eigenvalue weighted by Gasteiger charge is -2.07. The molecule has 0 spiro atoms. The zero-order valence-electron chi connectivity index (χ0n) is 10.1. The van der Waals surface area contributed by atoms with Crippen LogP contribution >= 0.6 is 0 Å². The van der Waals surface area contributed by atoms with Crippen molar-refractivity contribution < 1.29 is 4.79 Å². The van der Waals surface area contributed by atoms with Gasteiger partial charge < -0.3 is 11.1 Å². The average molecular weight is 245 g/mol. The Bertz CT molecular complexity index is 549. The summed E-state index contributed by atoms with van der Waals surface area (Å²) < 4.78 is 0. The highest BCUT2D eigenvalue weighted by Crippen LogP contribution is 2.07. The van der Waals surface area contributed by atoms with Crippen molar-refractivity contribution in [2.24, 2.45) is 5.73 Å². The van der Waals surface area contributed by atoms with Crippen LogP contribution in [-0.4, -0.2) is 21.1 Å². The molecule has 2 rings (SSSR count). The fourth-order valence-electron chi connectivity index (χ4n) is 1.63. The maximum Gasteiger partial charge on any atom is 0.291 e. The van der Waals surface area contributed by atoms with E-state index < -0.39 is 0 Å². The number of aromatic amines is 1. The maximum atomic E-state index is 11.7. The number of hydrogen-bond acceptors (Lipinski definition) is 4. The van der Waals surface area contributed by atoms with E-state index in [-0.39, 0.29) is 11.7 Å². The van der Waals surface area contributed by atoms with E-state index in [1.54, 1.807) is 6.92 Å². The monoisotopic (exact) mass is 245 g/mol. The van der Waals surface area contributed by atoms with Crippen LogP contribution in [0, 0.1) is 6.92 Å². The Morgan fingerprint density at radius 1 is 1.39 bits per heavy atom. The number of aryl methyl sites for hydroxylation is 1. The van der Waals surface area contributed by atoms with Crippen molar-refractivity contribution in [1.29, 1.82) is 0 Å². The minimum atomic E-state index is -0.300. The van der Waals surface area contributed by atoms with Gasteiger partial charge in [-0.1, -0.05) is 24.3 Å². The number of hydrogen-bond donors (Lipinski definition) is 3. The standard InChI is InChI=1S/C12H15N5O/c1-8-15-11(17-16-8)12(18)14-7-10-5-3-2-4-9(10)6-13/h2-5H,6-7,13H2,1H3,(H,14,18)(H,15,16,17). The van der Waals surface area contributed by atoms with Crippen molar-refractivity contribution in [3.8, 4) is 0 Å². The molecule has 1 amide bonds. The van der Waals surface area contributed by atoms with Gasteiger partial charge >= 0.3 is 0 Å². The van der Waals surface area contributed by atoms with Crippen molar-refractivity contribution in [3.05, 3.63) is 47.0 Å². The number of nitrogens with zero attached hydrogens (tertiary/aromatic N) is 2. The summed E-state index contributed by atoms with van der Waals surface area (Å²) in [5, 5.41) is 9.19. The molecule has 18 heavy (non-hydrogen) atoms. The quantitative estimate of drug-likeness (QED) is 0.730. The number of rotatable bonds is 4. The van der Waals surface area contributed by atoms with Crippen molar-refractivity contribution in [2.75, 3.05) is 0 Å². The lowest BCUT2D eigenvalue weighted by molar-refractivity contribution is 0.0941. The average Bonchev–Trinajstić information content (AvgIpc) is 2.83. The topological polar surface area (TPSA) is 96.7 Å². The van der Waals surface area contributed by atoms with Crippen molar-refractivity contribution in [1.82, 2.24) is 20.5 Å². The normalized spacial score (nSPS) is 10.3. The van der Waals surface area contributed by atoms with Crippen LogP contribution in [-0.2, 0) is 13.1 Å². The molecule has 0 bridgehead atoms. The molecule has 94 valence electrons. The molecule has 0 atom stereocenters. The van der Waals surface area contributed by atoms with E-state index in [0.29, 0.717) is 18.9 Å². The van der Waals surface area contributed by atoms with E-state index in [4.69, 9.17) is 5.73 Å². The van der Waals surface area contributed by atoms with Crippen LogP contribution in [0.3, 0.4) is 0 Å². The van der Waals surface area contributed by atoms with Gasteiger partial charge in [0.25, 0.3) is 5.91 Å². The molecule has 0 aliphatic heterocycles. The highest BCUT2D eigenvalue weighted by Gasteiger charge is 2.11. The molecule has 6 nitrogen and oxygen atoms in total. The van der Waals surface area contributed by atoms with Gasteiger partial charge in [0, 0.05) is 13.1 Å². The number of nitrogens with one attached hydrogen (secondary N) is 2. The Morgan fingerprint density at radius 3 is 2.72 bits per heavy atom. The largest absolute Gasteiger partial charge is 0.345 e. The molecular formula is C12H15N5O. The van der Waals surface area contributed by atoms with Crippen LogP contribution in [0.1, 0.15) is 27.6 Å². The van der Waals surface area contributed by atoms with Crippen LogP contribution in [0.15, 0.2) is 24.3 Å².